The number of fused-ring (bicyclic) bond motifs is 2. The normalized spacial score (nSPS) is 24.2. The van der Waals surface area contributed by atoms with Gasteiger partial charge in [-0.1, -0.05) is 24.3 Å². The highest BCUT2D eigenvalue weighted by Crippen LogP contribution is 2.60. The van der Waals surface area contributed by atoms with E-state index in [2.05, 4.69) is 29.2 Å². The molecule has 2 aliphatic rings. The molecule has 130 valence electrons. The van der Waals surface area contributed by atoms with E-state index >= 15 is 0 Å². The number of rotatable bonds is 2. The molecule has 1 N–H and O–H groups in total. The van der Waals surface area contributed by atoms with Crippen molar-refractivity contribution in [1.29, 1.82) is 0 Å². The summed E-state index contributed by atoms with van der Waals surface area (Å²) in [5.41, 5.74) is 4.60. The number of hydrogen-bond donors (Lipinski definition) is 1. The number of nitrogens with zero attached hydrogens (tertiary/aromatic N) is 2. The number of aromatic nitrogens is 1. The lowest BCUT2D eigenvalue weighted by atomic mass is 9.93. The van der Waals surface area contributed by atoms with Gasteiger partial charge >= 0.3 is 6.09 Å². The van der Waals surface area contributed by atoms with Crippen LogP contribution in [0.25, 0.3) is 11.1 Å². The minimum absolute atomic E-state index is 0.000772. The van der Waals surface area contributed by atoms with Crippen molar-refractivity contribution in [3.63, 3.8) is 0 Å². The zero-order chi connectivity index (χ0) is 17.8. The highest BCUT2D eigenvalue weighted by Gasteiger charge is 2.63. The van der Waals surface area contributed by atoms with Crippen LogP contribution in [-0.2, 0) is 11.8 Å². The minimum atomic E-state index is -0.814. The fourth-order valence-corrected chi connectivity index (χ4v) is 4.53. The number of pyridine rings is 1. The molecule has 0 bridgehead atoms. The molecule has 0 aliphatic heterocycles. The Kier molecular flexibility index (Phi) is 3.43. The summed E-state index contributed by atoms with van der Waals surface area (Å²) in [6.07, 6.45) is 5.86. The Bertz CT molecular complexity index is 826. The number of carbonyl (C=O) groups is 1. The van der Waals surface area contributed by atoms with Crippen molar-refractivity contribution < 1.29 is 9.90 Å². The van der Waals surface area contributed by atoms with E-state index in [0.717, 1.165) is 30.4 Å². The Morgan fingerprint density at radius 1 is 1.28 bits per heavy atom. The third-order valence-corrected chi connectivity index (χ3v) is 5.76. The Morgan fingerprint density at radius 2 is 2.08 bits per heavy atom. The molecule has 0 radical (unpaired) electrons. The van der Waals surface area contributed by atoms with Crippen molar-refractivity contribution >= 4 is 6.09 Å². The maximum atomic E-state index is 11.9. The van der Waals surface area contributed by atoms with Crippen molar-refractivity contribution in [2.75, 3.05) is 0 Å². The van der Waals surface area contributed by atoms with Gasteiger partial charge in [0.1, 0.15) is 0 Å². The van der Waals surface area contributed by atoms with Crippen LogP contribution >= 0.6 is 0 Å². The quantitative estimate of drug-likeness (QED) is 0.879. The lowest BCUT2D eigenvalue weighted by molar-refractivity contribution is 0.0897. The summed E-state index contributed by atoms with van der Waals surface area (Å²) >= 11 is 0. The van der Waals surface area contributed by atoms with Crippen LogP contribution in [0.4, 0.5) is 4.79 Å². The van der Waals surface area contributed by atoms with E-state index in [1.54, 1.807) is 11.1 Å². The van der Waals surface area contributed by atoms with Gasteiger partial charge in [-0.25, -0.2) is 4.79 Å². The molecule has 2 aromatic rings. The van der Waals surface area contributed by atoms with Crippen LogP contribution in [0, 0.1) is 0 Å². The number of aryl methyl sites for hydroxylation is 1. The Hall–Kier alpha value is -2.36. The van der Waals surface area contributed by atoms with E-state index in [0.29, 0.717) is 0 Å². The first-order valence-corrected chi connectivity index (χ1v) is 8.89. The second-order valence-electron chi connectivity index (χ2n) is 8.31. The molecule has 2 aliphatic carbocycles. The van der Waals surface area contributed by atoms with Crippen LogP contribution in [0.1, 0.15) is 44.7 Å². The van der Waals surface area contributed by atoms with Gasteiger partial charge in [0, 0.05) is 29.4 Å². The van der Waals surface area contributed by atoms with Crippen LogP contribution in [0.15, 0.2) is 42.7 Å². The molecule has 1 fully saturated rings. The Labute approximate surface area is 148 Å². The highest BCUT2D eigenvalue weighted by molar-refractivity contribution is 5.70. The third-order valence-electron chi connectivity index (χ3n) is 5.76. The van der Waals surface area contributed by atoms with Crippen molar-refractivity contribution in [2.45, 2.75) is 57.0 Å². The number of carboxylic acid groups (broad SMARTS) is 1. The summed E-state index contributed by atoms with van der Waals surface area (Å²) in [4.78, 5) is 17.8. The van der Waals surface area contributed by atoms with Crippen LogP contribution in [0.2, 0.25) is 0 Å². The van der Waals surface area contributed by atoms with Crippen LogP contribution in [0.5, 0.6) is 0 Å². The van der Waals surface area contributed by atoms with Gasteiger partial charge in [0.05, 0.1) is 0 Å². The summed E-state index contributed by atoms with van der Waals surface area (Å²) in [5, 5.41) is 9.76. The molecule has 2 atom stereocenters. The monoisotopic (exact) mass is 336 g/mol. The SMILES string of the molecule is CC(C)(C)N(C(=O)O)C1CC12CCc1ccc(-c3cccnc3)cc12. The van der Waals surface area contributed by atoms with Crippen molar-refractivity contribution in [2.24, 2.45) is 0 Å². The summed E-state index contributed by atoms with van der Waals surface area (Å²) in [5.74, 6) is 0. The first-order chi connectivity index (χ1) is 11.8. The summed E-state index contributed by atoms with van der Waals surface area (Å²) in [6, 6.07) is 10.7. The first-order valence-electron chi connectivity index (χ1n) is 8.89. The molecule has 4 heteroatoms. The molecule has 2 unspecified atom stereocenters. The molecule has 1 amide bonds. The Morgan fingerprint density at radius 3 is 2.72 bits per heavy atom. The molecule has 1 heterocycles. The van der Waals surface area contributed by atoms with E-state index in [4.69, 9.17) is 0 Å². The van der Waals surface area contributed by atoms with E-state index in [9.17, 15) is 9.90 Å². The van der Waals surface area contributed by atoms with Gasteiger partial charge in [-0.05, 0) is 68.4 Å². The third kappa shape index (κ3) is 2.51. The van der Waals surface area contributed by atoms with E-state index < -0.39 is 6.09 Å². The zero-order valence-corrected chi connectivity index (χ0v) is 15.0. The molecule has 1 saturated carbocycles. The van der Waals surface area contributed by atoms with Gasteiger partial charge in [0.15, 0.2) is 0 Å². The summed E-state index contributed by atoms with van der Waals surface area (Å²) in [6.45, 7) is 5.94. The van der Waals surface area contributed by atoms with Crippen LogP contribution in [0.3, 0.4) is 0 Å². The zero-order valence-electron chi connectivity index (χ0n) is 15.0. The molecular formula is C21H24N2O2. The summed E-state index contributed by atoms with van der Waals surface area (Å²) in [7, 11) is 0. The fraction of sp³-hybridized carbons (Fsp3) is 0.429. The maximum Gasteiger partial charge on any atom is 0.408 e. The number of benzene rings is 1. The molecule has 25 heavy (non-hydrogen) atoms. The second-order valence-corrected chi connectivity index (χ2v) is 8.31. The van der Waals surface area contributed by atoms with Crippen molar-refractivity contribution in [3.05, 3.63) is 53.9 Å². The van der Waals surface area contributed by atoms with Gasteiger partial charge in [-0.15, -0.1) is 0 Å². The van der Waals surface area contributed by atoms with E-state index in [-0.39, 0.29) is 17.0 Å². The summed E-state index contributed by atoms with van der Waals surface area (Å²) < 4.78 is 0. The predicted octanol–water partition coefficient (Wildman–Crippen LogP) is 4.48. The molecule has 1 aromatic heterocycles. The average Bonchev–Trinajstić information content (AvgIpc) is 3.13. The topological polar surface area (TPSA) is 53.4 Å². The number of hydrogen-bond acceptors (Lipinski definition) is 2. The van der Waals surface area contributed by atoms with Gasteiger partial charge in [0.25, 0.3) is 0 Å². The molecule has 0 saturated heterocycles. The standard InChI is InChI=1S/C21H24N2O2/c1-20(2,3)23(19(24)25)18-12-21(18)9-8-14-6-7-15(11-17(14)21)16-5-4-10-22-13-16/h4-7,10-11,13,18H,8-9,12H2,1-3H3,(H,24,25). The van der Waals surface area contributed by atoms with Crippen molar-refractivity contribution in [3.8, 4) is 11.1 Å². The predicted molar refractivity (Wildman–Crippen MR) is 97.7 cm³/mol. The van der Waals surface area contributed by atoms with Gasteiger partial charge in [0.2, 0.25) is 0 Å². The Balaban J connectivity index is 1.72. The van der Waals surface area contributed by atoms with Gasteiger partial charge in [-0.3, -0.25) is 9.88 Å². The molecule has 4 nitrogen and oxygen atoms in total. The van der Waals surface area contributed by atoms with Gasteiger partial charge in [-0.2, -0.15) is 0 Å². The smallest absolute Gasteiger partial charge is 0.408 e. The van der Waals surface area contributed by atoms with Gasteiger partial charge < -0.3 is 5.11 Å². The van der Waals surface area contributed by atoms with E-state index in [1.165, 1.54) is 11.1 Å². The fourth-order valence-electron chi connectivity index (χ4n) is 4.53. The number of amides is 1. The second kappa shape index (κ2) is 5.32. The van der Waals surface area contributed by atoms with Crippen LogP contribution < -0.4 is 0 Å². The average molecular weight is 336 g/mol. The lowest BCUT2D eigenvalue weighted by Crippen LogP contribution is -2.48. The maximum absolute atomic E-state index is 11.9. The molecule has 4 rings (SSSR count). The highest BCUT2D eigenvalue weighted by atomic mass is 16.4. The first kappa shape index (κ1) is 16.1. The van der Waals surface area contributed by atoms with E-state index in [1.807, 2.05) is 33.0 Å². The lowest BCUT2D eigenvalue weighted by Gasteiger charge is -2.35. The van der Waals surface area contributed by atoms with Crippen LogP contribution in [-0.4, -0.2) is 32.7 Å². The molecule has 1 aromatic carbocycles. The molecular weight excluding hydrogens is 312 g/mol. The van der Waals surface area contributed by atoms with Crippen molar-refractivity contribution in [1.82, 2.24) is 9.88 Å². The largest absolute Gasteiger partial charge is 0.465 e. The minimum Gasteiger partial charge on any atom is -0.465 e. The molecule has 1 spiro atoms.